The van der Waals surface area contributed by atoms with Gasteiger partial charge in [0.2, 0.25) is 0 Å². The van der Waals surface area contributed by atoms with E-state index in [1.54, 1.807) is 19.5 Å². The standard InChI is InChI=1S/C18H23N3O2/c1-14-6-3-4-7-15(14)12-21-18(22)16-10-17(13-19-11-16)20-8-5-9-23-2/h3-4,6-7,10-11,13,20H,5,8-9,12H2,1-2H3,(H,21,22). The van der Waals surface area contributed by atoms with Crippen LogP contribution >= 0.6 is 0 Å². The van der Waals surface area contributed by atoms with Crippen LogP contribution in [-0.4, -0.2) is 31.2 Å². The van der Waals surface area contributed by atoms with Gasteiger partial charge >= 0.3 is 0 Å². The van der Waals surface area contributed by atoms with Gasteiger partial charge in [-0.25, -0.2) is 0 Å². The largest absolute Gasteiger partial charge is 0.385 e. The summed E-state index contributed by atoms with van der Waals surface area (Å²) in [7, 11) is 1.68. The van der Waals surface area contributed by atoms with E-state index in [2.05, 4.69) is 15.6 Å². The Labute approximate surface area is 137 Å². The molecule has 2 N–H and O–H groups in total. The fraction of sp³-hybridized carbons (Fsp3) is 0.333. The Bertz CT molecular complexity index is 644. The van der Waals surface area contributed by atoms with Crippen molar-refractivity contribution in [2.45, 2.75) is 19.9 Å². The number of hydrogen-bond acceptors (Lipinski definition) is 4. The number of anilines is 1. The third kappa shape index (κ3) is 5.38. The summed E-state index contributed by atoms with van der Waals surface area (Å²) in [5.41, 5.74) is 3.67. The van der Waals surface area contributed by atoms with Crippen LogP contribution in [0.1, 0.15) is 27.9 Å². The number of nitrogens with one attached hydrogen (secondary N) is 2. The summed E-state index contributed by atoms with van der Waals surface area (Å²) < 4.78 is 5.01. The molecular weight excluding hydrogens is 290 g/mol. The van der Waals surface area contributed by atoms with Gasteiger partial charge in [-0.3, -0.25) is 9.78 Å². The maximum atomic E-state index is 12.3. The number of carbonyl (C=O) groups is 1. The lowest BCUT2D eigenvalue weighted by atomic mass is 10.1. The van der Waals surface area contributed by atoms with E-state index in [9.17, 15) is 4.79 Å². The molecule has 0 radical (unpaired) electrons. The predicted octanol–water partition coefficient (Wildman–Crippen LogP) is 2.77. The molecule has 1 heterocycles. The lowest BCUT2D eigenvalue weighted by molar-refractivity contribution is 0.0950. The van der Waals surface area contributed by atoms with Gasteiger partial charge in [-0.05, 0) is 30.5 Å². The van der Waals surface area contributed by atoms with E-state index < -0.39 is 0 Å². The molecule has 0 aliphatic carbocycles. The first-order valence-corrected chi connectivity index (χ1v) is 7.71. The third-order valence-electron chi connectivity index (χ3n) is 3.56. The Morgan fingerprint density at radius 1 is 1.26 bits per heavy atom. The Hall–Kier alpha value is -2.40. The summed E-state index contributed by atoms with van der Waals surface area (Å²) in [6, 6.07) is 9.83. The average Bonchev–Trinajstić information content (AvgIpc) is 2.58. The van der Waals surface area contributed by atoms with Crippen molar-refractivity contribution in [3.8, 4) is 0 Å². The highest BCUT2D eigenvalue weighted by Crippen LogP contribution is 2.10. The highest BCUT2D eigenvalue weighted by Gasteiger charge is 2.07. The van der Waals surface area contributed by atoms with Crippen LogP contribution in [0.3, 0.4) is 0 Å². The molecule has 0 aliphatic heterocycles. The van der Waals surface area contributed by atoms with Crippen LogP contribution in [0.5, 0.6) is 0 Å². The van der Waals surface area contributed by atoms with Crippen LogP contribution in [0.15, 0.2) is 42.7 Å². The summed E-state index contributed by atoms with van der Waals surface area (Å²) in [4.78, 5) is 16.4. The van der Waals surface area contributed by atoms with Gasteiger partial charge in [0.25, 0.3) is 5.91 Å². The second-order valence-electron chi connectivity index (χ2n) is 5.34. The van der Waals surface area contributed by atoms with Crippen LogP contribution in [0.2, 0.25) is 0 Å². The van der Waals surface area contributed by atoms with E-state index in [0.717, 1.165) is 24.2 Å². The minimum atomic E-state index is -0.124. The van der Waals surface area contributed by atoms with Gasteiger partial charge in [0.15, 0.2) is 0 Å². The molecule has 0 aliphatic rings. The van der Waals surface area contributed by atoms with Crippen LogP contribution in [0, 0.1) is 6.92 Å². The second kappa shape index (κ2) is 8.90. The van der Waals surface area contributed by atoms with Crippen molar-refractivity contribution in [2.75, 3.05) is 25.6 Å². The maximum absolute atomic E-state index is 12.3. The molecule has 0 bridgehead atoms. The average molecular weight is 313 g/mol. The van der Waals surface area contributed by atoms with Gasteiger partial charge in [0, 0.05) is 39.2 Å². The highest BCUT2D eigenvalue weighted by molar-refractivity contribution is 5.94. The SMILES string of the molecule is COCCCNc1cncc(C(=O)NCc2ccccc2C)c1. The summed E-state index contributed by atoms with van der Waals surface area (Å²) in [6.07, 6.45) is 4.19. The number of ether oxygens (including phenoxy) is 1. The van der Waals surface area contributed by atoms with Crippen molar-refractivity contribution in [1.82, 2.24) is 10.3 Å². The molecule has 1 aromatic heterocycles. The number of methoxy groups -OCH3 is 1. The zero-order chi connectivity index (χ0) is 16.5. The number of aromatic nitrogens is 1. The van der Waals surface area contributed by atoms with Crippen LogP contribution < -0.4 is 10.6 Å². The minimum absolute atomic E-state index is 0.124. The van der Waals surface area contributed by atoms with Crippen molar-refractivity contribution in [2.24, 2.45) is 0 Å². The van der Waals surface area contributed by atoms with E-state index >= 15 is 0 Å². The normalized spacial score (nSPS) is 10.3. The number of nitrogens with zero attached hydrogens (tertiary/aromatic N) is 1. The lowest BCUT2D eigenvalue weighted by Gasteiger charge is -2.09. The Morgan fingerprint density at radius 3 is 2.87 bits per heavy atom. The second-order valence-corrected chi connectivity index (χ2v) is 5.34. The maximum Gasteiger partial charge on any atom is 0.253 e. The molecule has 2 rings (SSSR count). The molecule has 0 fully saturated rings. The van der Waals surface area contributed by atoms with E-state index in [-0.39, 0.29) is 5.91 Å². The summed E-state index contributed by atoms with van der Waals surface area (Å²) >= 11 is 0. The number of rotatable bonds is 8. The molecule has 2 aromatic rings. The molecule has 1 amide bonds. The number of carbonyl (C=O) groups excluding carboxylic acids is 1. The first-order valence-electron chi connectivity index (χ1n) is 7.71. The third-order valence-corrected chi connectivity index (χ3v) is 3.56. The fourth-order valence-electron chi connectivity index (χ4n) is 2.20. The van der Waals surface area contributed by atoms with Gasteiger partial charge in [0.1, 0.15) is 0 Å². The number of pyridine rings is 1. The number of amides is 1. The molecule has 0 unspecified atom stereocenters. The van der Waals surface area contributed by atoms with E-state index in [4.69, 9.17) is 4.74 Å². The summed E-state index contributed by atoms with van der Waals surface area (Å²) in [5.74, 6) is -0.124. The molecule has 122 valence electrons. The highest BCUT2D eigenvalue weighted by atomic mass is 16.5. The molecular formula is C18H23N3O2. The summed E-state index contributed by atoms with van der Waals surface area (Å²) in [6.45, 7) is 4.03. The fourth-order valence-corrected chi connectivity index (χ4v) is 2.20. The van der Waals surface area contributed by atoms with Gasteiger partial charge < -0.3 is 15.4 Å². The van der Waals surface area contributed by atoms with Gasteiger partial charge in [-0.15, -0.1) is 0 Å². The number of benzene rings is 1. The quantitative estimate of drug-likeness (QED) is 0.736. The van der Waals surface area contributed by atoms with E-state index in [1.165, 1.54) is 5.56 Å². The Morgan fingerprint density at radius 2 is 2.09 bits per heavy atom. The monoisotopic (exact) mass is 313 g/mol. The molecule has 0 spiro atoms. The molecule has 5 heteroatoms. The smallest absolute Gasteiger partial charge is 0.253 e. The van der Waals surface area contributed by atoms with Crippen molar-refractivity contribution in [3.05, 3.63) is 59.4 Å². The number of aryl methyl sites for hydroxylation is 1. The number of hydrogen-bond donors (Lipinski definition) is 2. The van der Waals surface area contributed by atoms with Gasteiger partial charge in [-0.2, -0.15) is 0 Å². The van der Waals surface area contributed by atoms with Crippen LogP contribution in [0.25, 0.3) is 0 Å². The zero-order valence-corrected chi connectivity index (χ0v) is 13.6. The first kappa shape index (κ1) is 17.0. The van der Waals surface area contributed by atoms with Crippen molar-refractivity contribution >= 4 is 11.6 Å². The van der Waals surface area contributed by atoms with Crippen molar-refractivity contribution in [3.63, 3.8) is 0 Å². The predicted molar refractivity (Wildman–Crippen MR) is 91.6 cm³/mol. The van der Waals surface area contributed by atoms with Crippen molar-refractivity contribution in [1.29, 1.82) is 0 Å². The van der Waals surface area contributed by atoms with Crippen LogP contribution in [-0.2, 0) is 11.3 Å². The first-order chi connectivity index (χ1) is 11.2. The van der Waals surface area contributed by atoms with Crippen LogP contribution in [0.4, 0.5) is 5.69 Å². The molecule has 23 heavy (non-hydrogen) atoms. The zero-order valence-electron chi connectivity index (χ0n) is 13.6. The van der Waals surface area contributed by atoms with Gasteiger partial charge in [0.05, 0.1) is 11.3 Å². The molecule has 0 saturated carbocycles. The van der Waals surface area contributed by atoms with E-state index in [1.807, 2.05) is 37.3 Å². The lowest BCUT2D eigenvalue weighted by Crippen LogP contribution is -2.23. The topological polar surface area (TPSA) is 63.2 Å². The van der Waals surface area contributed by atoms with Crippen molar-refractivity contribution < 1.29 is 9.53 Å². The molecule has 5 nitrogen and oxygen atoms in total. The summed E-state index contributed by atoms with van der Waals surface area (Å²) in [5, 5.41) is 6.17. The Kier molecular flexibility index (Phi) is 6.56. The molecule has 0 atom stereocenters. The van der Waals surface area contributed by atoms with Gasteiger partial charge in [-0.1, -0.05) is 24.3 Å². The molecule has 1 aromatic carbocycles. The molecule has 0 saturated heterocycles. The van der Waals surface area contributed by atoms with E-state index in [0.29, 0.717) is 18.7 Å². The Balaban J connectivity index is 1.90. The minimum Gasteiger partial charge on any atom is -0.385 e.